The smallest absolute Gasteiger partial charge is 0.244 e. The van der Waals surface area contributed by atoms with Crippen molar-refractivity contribution in [1.29, 1.82) is 5.26 Å². The highest BCUT2D eigenvalue weighted by Crippen LogP contribution is 2.45. The fraction of sp³-hybridized carbons (Fsp3) is 0.400. The predicted molar refractivity (Wildman–Crippen MR) is 75.8 cm³/mol. The molecule has 0 radical (unpaired) electrons. The van der Waals surface area contributed by atoms with E-state index < -0.39 is 5.41 Å². The number of nitrogens with one attached hydrogen (secondary N) is 2. The molecule has 20 heavy (non-hydrogen) atoms. The Bertz CT molecular complexity index is 566. The lowest BCUT2D eigenvalue weighted by Crippen LogP contribution is -2.45. The van der Waals surface area contributed by atoms with Crippen LogP contribution in [-0.2, 0) is 9.59 Å². The minimum Gasteiger partial charge on any atom is -0.326 e. The van der Waals surface area contributed by atoms with Crippen LogP contribution in [0.4, 0.5) is 11.4 Å². The molecule has 104 valence electrons. The van der Waals surface area contributed by atoms with Crippen LogP contribution in [0.3, 0.4) is 0 Å². The summed E-state index contributed by atoms with van der Waals surface area (Å²) >= 11 is 0. The molecule has 0 atom stereocenters. The number of benzene rings is 1. The minimum absolute atomic E-state index is 0.145. The van der Waals surface area contributed by atoms with Gasteiger partial charge in [-0.3, -0.25) is 9.59 Å². The van der Waals surface area contributed by atoms with Crippen LogP contribution in [-0.4, -0.2) is 11.8 Å². The lowest BCUT2D eigenvalue weighted by atomic mass is 9.63. The zero-order valence-corrected chi connectivity index (χ0v) is 11.6. The van der Waals surface area contributed by atoms with Gasteiger partial charge in [0.25, 0.3) is 0 Å². The molecule has 0 heterocycles. The molecule has 1 aromatic carbocycles. The molecule has 1 aliphatic carbocycles. The Labute approximate surface area is 118 Å². The third-order valence-electron chi connectivity index (χ3n) is 3.51. The summed E-state index contributed by atoms with van der Waals surface area (Å²) in [6.07, 6.45) is 1.22. The maximum absolute atomic E-state index is 12.2. The van der Waals surface area contributed by atoms with Crippen molar-refractivity contribution < 1.29 is 9.59 Å². The maximum atomic E-state index is 12.2. The van der Waals surface area contributed by atoms with Gasteiger partial charge in [0.15, 0.2) is 0 Å². The van der Waals surface area contributed by atoms with Gasteiger partial charge in [-0.05, 0) is 43.0 Å². The van der Waals surface area contributed by atoms with Gasteiger partial charge in [-0.1, -0.05) is 6.92 Å². The van der Waals surface area contributed by atoms with Gasteiger partial charge in [-0.25, -0.2) is 0 Å². The summed E-state index contributed by atoms with van der Waals surface area (Å²) < 4.78 is 0. The predicted octanol–water partition coefficient (Wildman–Crippen LogP) is 2.52. The first-order valence-electron chi connectivity index (χ1n) is 6.55. The van der Waals surface area contributed by atoms with E-state index in [0.29, 0.717) is 30.1 Å². The molecule has 0 aromatic heterocycles. The summed E-state index contributed by atoms with van der Waals surface area (Å²) in [5.74, 6) is 0.0293. The van der Waals surface area contributed by atoms with Gasteiger partial charge in [0, 0.05) is 18.3 Å². The van der Waals surface area contributed by atoms with Crippen LogP contribution in [0.5, 0.6) is 0 Å². The third-order valence-corrected chi connectivity index (χ3v) is 3.51. The molecule has 0 saturated heterocycles. The summed E-state index contributed by atoms with van der Waals surface area (Å²) in [6.45, 7) is 3.47. The molecular formula is C15H17N3O2. The van der Waals surface area contributed by atoms with Crippen LogP contribution in [0.25, 0.3) is 0 Å². The van der Waals surface area contributed by atoms with E-state index in [1.165, 1.54) is 6.92 Å². The normalized spacial score (nSPS) is 24.1. The summed E-state index contributed by atoms with van der Waals surface area (Å²) in [5, 5.41) is 14.6. The van der Waals surface area contributed by atoms with Gasteiger partial charge in [0.2, 0.25) is 11.8 Å². The Hall–Kier alpha value is -2.35. The largest absolute Gasteiger partial charge is 0.326 e. The quantitative estimate of drug-likeness (QED) is 0.886. The number of hydrogen-bond donors (Lipinski definition) is 2. The second-order valence-corrected chi connectivity index (χ2v) is 5.42. The molecule has 1 aliphatic rings. The fourth-order valence-electron chi connectivity index (χ4n) is 2.55. The monoisotopic (exact) mass is 271 g/mol. The molecule has 2 rings (SSSR count). The molecule has 1 saturated carbocycles. The van der Waals surface area contributed by atoms with Crippen LogP contribution in [0.1, 0.15) is 26.7 Å². The second kappa shape index (κ2) is 5.33. The van der Waals surface area contributed by atoms with Crippen molar-refractivity contribution in [2.75, 3.05) is 10.6 Å². The second-order valence-electron chi connectivity index (χ2n) is 5.42. The molecular weight excluding hydrogens is 254 g/mol. The Morgan fingerprint density at radius 1 is 1.20 bits per heavy atom. The van der Waals surface area contributed by atoms with Crippen molar-refractivity contribution in [3.63, 3.8) is 0 Å². The number of nitriles is 1. The summed E-state index contributed by atoms with van der Waals surface area (Å²) in [7, 11) is 0. The Balaban J connectivity index is 2.02. The Morgan fingerprint density at radius 3 is 2.10 bits per heavy atom. The number of anilines is 2. The van der Waals surface area contributed by atoms with Crippen LogP contribution in [0, 0.1) is 22.7 Å². The van der Waals surface area contributed by atoms with E-state index >= 15 is 0 Å². The first-order chi connectivity index (χ1) is 9.45. The fourth-order valence-corrected chi connectivity index (χ4v) is 2.55. The highest BCUT2D eigenvalue weighted by atomic mass is 16.2. The number of hydrogen-bond acceptors (Lipinski definition) is 3. The lowest BCUT2D eigenvalue weighted by molar-refractivity contribution is -0.128. The molecule has 0 unspecified atom stereocenters. The van der Waals surface area contributed by atoms with E-state index in [-0.39, 0.29) is 11.8 Å². The van der Waals surface area contributed by atoms with Gasteiger partial charge in [-0.2, -0.15) is 5.26 Å². The van der Waals surface area contributed by atoms with Gasteiger partial charge in [-0.15, -0.1) is 0 Å². The number of carbonyl (C=O) groups excluding carboxylic acids is 2. The number of nitrogens with zero attached hydrogens (tertiary/aromatic N) is 1. The van der Waals surface area contributed by atoms with Crippen molar-refractivity contribution in [1.82, 2.24) is 0 Å². The van der Waals surface area contributed by atoms with E-state index in [1.807, 2.05) is 6.92 Å². The molecule has 2 amide bonds. The van der Waals surface area contributed by atoms with Crippen molar-refractivity contribution in [3.05, 3.63) is 24.3 Å². The first-order valence-corrected chi connectivity index (χ1v) is 6.55. The van der Waals surface area contributed by atoms with Crippen LogP contribution in [0.15, 0.2) is 24.3 Å². The van der Waals surface area contributed by atoms with Gasteiger partial charge < -0.3 is 10.6 Å². The van der Waals surface area contributed by atoms with E-state index in [0.717, 1.165) is 0 Å². The van der Waals surface area contributed by atoms with Gasteiger partial charge in [0.1, 0.15) is 5.41 Å². The van der Waals surface area contributed by atoms with Crippen LogP contribution in [0.2, 0.25) is 0 Å². The van der Waals surface area contributed by atoms with Crippen molar-refractivity contribution in [2.24, 2.45) is 11.3 Å². The molecule has 1 fully saturated rings. The van der Waals surface area contributed by atoms with E-state index in [1.54, 1.807) is 24.3 Å². The number of carbonyl (C=O) groups is 2. The van der Waals surface area contributed by atoms with E-state index in [4.69, 9.17) is 0 Å². The third kappa shape index (κ3) is 2.80. The molecule has 5 nitrogen and oxygen atoms in total. The van der Waals surface area contributed by atoms with Gasteiger partial charge in [0.05, 0.1) is 6.07 Å². The SMILES string of the molecule is CC(=O)Nc1ccc(NC(=O)C2(C#N)CC(C)C2)cc1. The Kier molecular flexibility index (Phi) is 3.75. The molecule has 1 aromatic rings. The number of rotatable bonds is 3. The average Bonchev–Trinajstić information content (AvgIpc) is 2.36. The highest BCUT2D eigenvalue weighted by Gasteiger charge is 2.48. The average molecular weight is 271 g/mol. The van der Waals surface area contributed by atoms with Gasteiger partial charge >= 0.3 is 0 Å². The molecule has 0 aliphatic heterocycles. The standard InChI is InChI=1S/C15H17N3O2/c1-10-7-15(8-10,9-16)14(20)18-13-5-3-12(4-6-13)17-11(2)19/h3-6,10H,7-8H2,1-2H3,(H,17,19)(H,18,20). The first kappa shape index (κ1) is 14.1. The van der Waals surface area contributed by atoms with Crippen molar-refractivity contribution >= 4 is 23.2 Å². The lowest BCUT2D eigenvalue weighted by Gasteiger charge is -2.39. The molecule has 0 bridgehead atoms. The summed E-state index contributed by atoms with van der Waals surface area (Å²) in [4.78, 5) is 23.1. The topological polar surface area (TPSA) is 82.0 Å². The molecule has 0 spiro atoms. The minimum atomic E-state index is -0.879. The van der Waals surface area contributed by atoms with Crippen molar-refractivity contribution in [3.8, 4) is 6.07 Å². The molecule has 5 heteroatoms. The van der Waals surface area contributed by atoms with Crippen LogP contribution < -0.4 is 10.6 Å². The summed E-state index contributed by atoms with van der Waals surface area (Å²) in [5.41, 5.74) is 0.413. The van der Waals surface area contributed by atoms with E-state index in [9.17, 15) is 14.9 Å². The zero-order valence-electron chi connectivity index (χ0n) is 11.6. The molecule has 2 N–H and O–H groups in total. The highest BCUT2D eigenvalue weighted by molar-refractivity contribution is 5.98. The Morgan fingerprint density at radius 2 is 1.70 bits per heavy atom. The summed E-state index contributed by atoms with van der Waals surface area (Å²) in [6, 6.07) is 8.96. The maximum Gasteiger partial charge on any atom is 0.244 e. The van der Waals surface area contributed by atoms with E-state index in [2.05, 4.69) is 16.7 Å². The van der Waals surface area contributed by atoms with Crippen LogP contribution >= 0.6 is 0 Å². The number of amides is 2. The van der Waals surface area contributed by atoms with Crippen molar-refractivity contribution in [2.45, 2.75) is 26.7 Å². The zero-order chi connectivity index (χ0) is 14.8.